The predicted molar refractivity (Wildman–Crippen MR) is 85.5 cm³/mol. The molecular formula is C16H11BrN2O2. The second-order valence-electron chi connectivity index (χ2n) is 4.49. The third-order valence-corrected chi connectivity index (χ3v) is 3.58. The molecule has 0 fully saturated rings. The summed E-state index contributed by atoms with van der Waals surface area (Å²) in [6, 6.07) is 14.0. The van der Waals surface area contributed by atoms with Crippen molar-refractivity contribution in [1.82, 2.24) is 4.98 Å². The van der Waals surface area contributed by atoms with Gasteiger partial charge in [-0.2, -0.15) is 0 Å². The molecule has 0 bridgehead atoms. The Hall–Kier alpha value is -2.40. The van der Waals surface area contributed by atoms with E-state index in [-0.39, 0.29) is 11.7 Å². The fourth-order valence-corrected chi connectivity index (χ4v) is 2.33. The number of hydrogen-bond donors (Lipinski definition) is 2. The smallest absolute Gasteiger partial charge is 0.274 e. The zero-order valence-electron chi connectivity index (χ0n) is 10.9. The molecule has 0 aliphatic carbocycles. The molecule has 21 heavy (non-hydrogen) atoms. The normalized spacial score (nSPS) is 10.5. The van der Waals surface area contributed by atoms with Crippen LogP contribution in [-0.4, -0.2) is 16.0 Å². The Morgan fingerprint density at radius 1 is 1.05 bits per heavy atom. The van der Waals surface area contributed by atoms with Crippen LogP contribution in [0.5, 0.6) is 5.75 Å². The molecule has 1 amide bonds. The van der Waals surface area contributed by atoms with Crippen LogP contribution in [0.25, 0.3) is 10.8 Å². The topological polar surface area (TPSA) is 62.2 Å². The molecule has 0 atom stereocenters. The molecule has 0 spiro atoms. The number of rotatable bonds is 2. The summed E-state index contributed by atoms with van der Waals surface area (Å²) >= 11 is 3.28. The lowest BCUT2D eigenvalue weighted by Gasteiger charge is -2.09. The number of fused-ring (bicyclic) bond motifs is 1. The van der Waals surface area contributed by atoms with Gasteiger partial charge in [-0.05, 0) is 40.2 Å². The Balaban J connectivity index is 1.96. The van der Waals surface area contributed by atoms with E-state index >= 15 is 0 Å². The maximum Gasteiger partial charge on any atom is 0.274 e. The van der Waals surface area contributed by atoms with Crippen LogP contribution >= 0.6 is 15.9 Å². The van der Waals surface area contributed by atoms with Crippen molar-refractivity contribution >= 4 is 38.3 Å². The van der Waals surface area contributed by atoms with Crippen molar-refractivity contribution in [3.63, 3.8) is 0 Å². The van der Waals surface area contributed by atoms with Gasteiger partial charge in [0.15, 0.2) is 0 Å². The standard InChI is InChI=1S/C16H11BrN2O2/c17-10-7-8-14(18-9-10)16(21)19-13-5-1-4-12-11(13)3-2-6-15(12)20/h1-9,20H,(H,19,21). The predicted octanol–water partition coefficient (Wildman–Crippen LogP) is 3.96. The first-order valence-corrected chi connectivity index (χ1v) is 7.08. The molecule has 0 aliphatic heterocycles. The summed E-state index contributed by atoms with van der Waals surface area (Å²) in [5.74, 6) is -0.108. The number of halogens is 1. The SMILES string of the molecule is O=C(Nc1cccc2c(O)cccc12)c1ccc(Br)cn1. The zero-order valence-corrected chi connectivity index (χ0v) is 12.5. The maximum absolute atomic E-state index is 12.2. The monoisotopic (exact) mass is 342 g/mol. The van der Waals surface area contributed by atoms with Crippen LogP contribution in [-0.2, 0) is 0 Å². The number of hydrogen-bond acceptors (Lipinski definition) is 3. The summed E-state index contributed by atoms with van der Waals surface area (Å²) in [7, 11) is 0. The van der Waals surface area contributed by atoms with Crippen molar-refractivity contribution in [2.24, 2.45) is 0 Å². The molecule has 104 valence electrons. The highest BCUT2D eigenvalue weighted by Crippen LogP contribution is 2.29. The van der Waals surface area contributed by atoms with Gasteiger partial charge < -0.3 is 10.4 Å². The van der Waals surface area contributed by atoms with Gasteiger partial charge in [-0.25, -0.2) is 4.98 Å². The van der Waals surface area contributed by atoms with E-state index in [1.54, 1.807) is 48.7 Å². The number of phenolic OH excluding ortho intramolecular Hbond substituents is 1. The van der Waals surface area contributed by atoms with Gasteiger partial charge in [0.2, 0.25) is 0 Å². The van der Waals surface area contributed by atoms with Crippen LogP contribution in [0.15, 0.2) is 59.2 Å². The van der Waals surface area contributed by atoms with Crippen molar-refractivity contribution in [1.29, 1.82) is 0 Å². The Bertz CT molecular complexity index is 816. The van der Waals surface area contributed by atoms with Crippen molar-refractivity contribution in [3.05, 3.63) is 64.9 Å². The largest absolute Gasteiger partial charge is 0.507 e. The third kappa shape index (κ3) is 2.73. The van der Waals surface area contributed by atoms with Gasteiger partial charge in [-0.1, -0.05) is 24.3 Å². The molecule has 1 aromatic heterocycles. The number of pyridine rings is 1. The Kier molecular flexibility index (Phi) is 3.58. The zero-order chi connectivity index (χ0) is 14.8. The molecule has 3 aromatic rings. The number of benzene rings is 2. The van der Waals surface area contributed by atoms with Gasteiger partial charge in [0.25, 0.3) is 5.91 Å². The van der Waals surface area contributed by atoms with E-state index < -0.39 is 0 Å². The molecule has 3 rings (SSSR count). The fraction of sp³-hybridized carbons (Fsp3) is 0. The summed E-state index contributed by atoms with van der Waals surface area (Å²) in [6.45, 7) is 0. The number of carbonyl (C=O) groups excluding carboxylic acids is 1. The molecule has 0 saturated carbocycles. The van der Waals surface area contributed by atoms with Gasteiger partial charge in [-0.3, -0.25) is 4.79 Å². The van der Waals surface area contributed by atoms with E-state index in [9.17, 15) is 9.90 Å². The molecule has 1 heterocycles. The summed E-state index contributed by atoms with van der Waals surface area (Å²) in [5.41, 5.74) is 0.966. The second kappa shape index (κ2) is 5.54. The molecule has 2 N–H and O–H groups in total. The summed E-state index contributed by atoms with van der Waals surface area (Å²) in [4.78, 5) is 16.3. The van der Waals surface area contributed by atoms with E-state index in [1.165, 1.54) is 0 Å². The number of nitrogens with zero attached hydrogens (tertiary/aromatic N) is 1. The van der Waals surface area contributed by atoms with Gasteiger partial charge in [-0.15, -0.1) is 0 Å². The van der Waals surface area contributed by atoms with Crippen LogP contribution in [0.3, 0.4) is 0 Å². The number of anilines is 1. The summed E-state index contributed by atoms with van der Waals surface area (Å²) < 4.78 is 0.814. The second-order valence-corrected chi connectivity index (χ2v) is 5.41. The summed E-state index contributed by atoms with van der Waals surface area (Å²) in [6.07, 6.45) is 1.57. The van der Waals surface area contributed by atoms with Gasteiger partial charge >= 0.3 is 0 Å². The number of amides is 1. The molecule has 0 radical (unpaired) electrons. The molecule has 0 aliphatic rings. The molecule has 5 heteroatoms. The lowest BCUT2D eigenvalue weighted by molar-refractivity contribution is 0.102. The highest BCUT2D eigenvalue weighted by atomic mass is 79.9. The fourth-order valence-electron chi connectivity index (χ4n) is 2.10. The van der Waals surface area contributed by atoms with E-state index in [0.29, 0.717) is 16.8 Å². The van der Waals surface area contributed by atoms with Crippen molar-refractivity contribution in [3.8, 4) is 5.75 Å². The highest BCUT2D eigenvalue weighted by molar-refractivity contribution is 9.10. The van der Waals surface area contributed by atoms with Crippen LogP contribution in [0.1, 0.15) is 10.5 Å². The number of aromatic nitrogens is 1. The number of nitrogens with one attached hydrogen (secondary N) is 1. The Labute approximate surface area is 129 Å². The average molecular weight is 343 g/mol. The quantitative estimate of drug-likeness (QED) is 0.741. The van der Waals surface area contributed by atoms with Crippen LogP contribution < -0.4 is 5.32 Å². The van der Waals surface area contributed by atoms with E-state index in [1.807, 2.05) is 6.07 Å². The van der Waals surface area contributed by atoms with Crippen molar-refractivity contribution in [2.45, 2.75) is 0 Å². The van der Waals surface area contributed by atoms with E-state index in [0.717, 1.165) is 9.86 Å². The minimum absolute atomic E-state index is 0.186. The highest BCUT2D eigenvalue weighted by Gasteiger charge is 2.10. The van der Waals surface area contributed by atoms with Crippen molar-refractivity contribution in [2.75, 3.05) is 5.32 Å². The molecule has 2 aromatic carbocycles. The Morgan fingerprint density at radius 3 is 2.57 bits per heavy atom. The summed E-state index contributed by atoms with van der Waals surface area (Å²) in [5, 5.41) is 14.1. The van der Waals surface area contributed by atoms with E-state index in [4.69, 9.17) is 0 Å². The van der Waals surface area contributed by atoms with Gasteiger partial charge in [0, 0.05) is 27.1 Å². The third-order valence-electron chi connectivity index (χ3n) is 3.11. The number of aromatic hydroxyl groups is 1. The van der Waals surface area contributed by atoms with Crippen LogP contribution in [0.2, 0.25) is 0 Å². The van der Waals surface area contributed by atoms with Crippen molar-refractivity contribution < 1.29 is 9.90 Å². The van der Waals surface area contributed by atoms with Gasteiger partial charge in [0.05, 0.1) is 0 Å². The minimum atomic E-state index is -0.293. The van der Waals surface area contributed by atoms with Crippen LogP contribution in [0.4, 0.5) is 5.69 Å². The lowest BCUT2D eigenvalue weighted by atomic mass is 10.1. The van der Waals surface area contributed by atoms with Crippen LogP contribution in [0, 0.1) is 0 Å². The first-order valence-electron chi connectivity index (χ1n) is 6.29. The number of phenols is 1. The molecular weight excluding hydrogens is 332 g/mol. The number of carbonyl (C=O) groups is 1. The molecule has 4 nitrogen and oxygen atoms in total. The Morgan fingerprint density at radius 2 is 1.81 bits per heavy atom. The molecule has 0 saturated heterocycles. The van der Waals surface area contributed by atoms with Gasteiger partial charge in [0.1, 0.15) is 11.4 Å². The average Bonchev–Trinajstić information content (AvgIpc) is 2.49. The first kappa shape index (κ1) is 13.6. The van der Waals surface area contributed by atoms with E-state index in [2.05, 4.69) is 26.2 Å². The lowest BCUT2D eigenvalue weighted by Crippen LogP contribution is -2.13. The molecule has 0 unspecified atom stereocenters. The minimum Gasteiger partial charge on any atom is -0.507 e. The maximum atomic E-state index is 12.2. The first-order chi connectivity index (χ1) is 10.1.